The van der Waals surface area contributed by atoms with E-state index in [1.54, 1.807) is 5.06 Å². The lowest BCUT2D eigenvalue weighted by molar-refractivity contribution is -0.119. The molecule has 2 rings (SSSR count). The molecule has 0 radical (unpaired) electrons. The molecule has 0 atom stereocenters. The fraction of sp³-hybridized carbons (Fsp3) is 0.500. The molecule has 5 nitrogen and oxygen atoms in total. The van der Waals surface area contributed by atoms with Crippen LogP contribution in [-0.4, -0.2) is 34.1 Å². The molecule has 0 unspecified atom stereocenters. The number of hydrogen-bond acceptors (Lipinski definition) is 5. The Morgan fingerprint density at radius 3 is 2.73 bits per heavy atom. The number of hydrogen-bond donors (Lipinski definition) is 0. The first-order chi connectivity index (χ1) is 7.36. The Bertz CT molecular complexity index is 323. The van der Waals surface area contributed by atoms with Crippen molar-refractivity contribution >= 4 is 5.97 Å². The zero-order valence-corrected chi connectivity index (χ0v) is 8.43. The van der Waals surface area contributed by atoms with Crippen LogP contribution in [0.4, 0.5) is 0 Å². The Morgan fingerprint density at radius 2 is 2.07 bits per heavy atom. The lowest BCUT2D eigenvalue weighted by atomic mass is 10.2. The largest absolute Gasteiger partial charge is 0.377 e. The van der Waals surface area contributed by atoms with Crippen molar-refractivity contribution in [3.8, 4) is 0 Å². The van der Waals surface area contributed by atoms with Gasteiger partial charge in [0.15, 0.2) is 5.69 Å². The lowest BCUT2D eigenvalue weighted by Crippen LogP contribution is -2.32. The number of rotatable bonds is 2. The van der Waals surface area contributed by atoms with Gasteiger partial charge in [-0.1, -0.05) is 6.42 Å². The summed E-state index contributed by atoms with van der Waals surface area (Å²) in [6.07, 6.45) is 7.78. The highest BCUT2D eigenvalue weighted by Gasteiger charge is 2.17. The summed E-state index contributed by atoms with van der Waals surface area (Å²) in [5, 5.41) is 1.69. The van der Waals surface area contributed by atoms with Crippen LogP contribution in [0.2, 0.25) is 0 Å². The van der Waals surface area contributed by atoms with E-state index in [-0.39, 0.29) is 5.69 Å². The molecule has 1 aliphatic heterocycles. The summed E-state index contributed by atoms with van der Waals surface area (Å²) in [7, 11) is 0. The van der Waals surface area contributed by atoms with Gasteiger partial charge in [-0.15, -0.1) is 5.06 Å². The molecule has 0 amide bonds. The van der Waals surface area contributed by atoms with E-state index in [2.05, 4.69) is 9.97 Å². The Hall–Kier alpha value is -1.49. The van der Waals surface area contributed by atoms with Gasteiger partial charge < -0.3 is 4.84 Å². The maximum atomic E-state index is 11.5. The van der Waals surface area contributed by atoms with Gasteiger partial charge in [0.2, 0.25) is 0 Å². The van der Waals surface area contributed by atoms with Crippen molar-refractivity contribution in [3.05, 3.63) is 24.3 Å². The third-order valence-electron chi connectivity index (χ3n) is 2.30. The number of carbonyl (C=O) groups is 1. The van der Waals surface area contributed by atoms with Gasteiger partial charge in [-0.25, -0.2) is 9.78 Å². The molecule has 2 heterocycles. The Morgan fingerprint density at radius 1 is 1.27 bits per heavy atom. The number of hydroxylamine groups is 2. The molecule has 0 saturated carbocycles. The highest BCUT2D eigenvalue weighted by molar-refractivity contribution is 5.86. The second-order valence-electron chi connectivity index (χ2n) is 3.46. The summed E-state index contributed by atoms with van der Waals surface area (Å²) in [5.74, 6) is -0.426. The maximum Gasteiger partial charge on any atom is 0.377 e. The van der Waals surface area contributed by atoms with E-state index in [1.165, 1.54) is 25.0 Å². The summed E-state index contributed by atoms with van der Waals surface area (Å²) in [5.41, 5.74) is 0.253. The monoisotopic (exact) mass is 207 g/mol. The molecule has 5 heteroatoms. The van der Waals surface area contributed by atoms with Crippen LogP contribution < -0.4 is 0 Å². The van der Waals surface area contributed by atoms with Crippen molar-refractivity contribution in [2.24, 2.45) is 0 Å². The molecule has 1 aromatic rings. The molecule has 80 valence electrons. The third kappa shape index (κ3) is 2.73. The van der Waals surface area contributed by atoms with Crippen molar-refractivity contribution in [2.45, 2.75) is 19.3 Å². The van der Waals surface area contributed by atoms with Crippen molar-refractivity contribution in [1.29, 1.82) is 0 Å². The lowest BCUT2D eigenvalue weighted by Gasteiger charge is -2.24. The van der Waals surface area contributed by atoms with Gasteiger partial charge in [0.1, 0.15) is 0 Å². The molecule has 1 aliphatic rings. The maximum absolute atomic E-state index is 11.5. The molecule has 0 aliphatic carbocycles. The van der Waals surface area contributed by atoms with Crippen molar-refractivity contribution in [2.75, 3.05) is 13.1 Å². The first-order valence-electron chi connectivity index (χ1n) is 5.09. The number of piperidine rings is 1. The van der Waals surface area contributed by atoms with E-state index in [0.717, 1.165) is 25.9 Å². The predicted molar refractivity (Wildman–Crippen MR) is 52.9 cm³/mol. The molecular weight excluding hydrogens is 194 g/mol. The molecule has 15 heavy (non-hydrogen) atoms. The smallest absolute Gasteiger partial charge is 0.363 e. The molecule has 1 saturated heterocycles. The molecule has 0 N–H and O–H groups in total. The molecule has 0 aromatic carbocycles. The van der Waals surface area contributed by atoms with E-state index in [4.69, 9.17) is 4.84 Å². The summed E-state index contributed by atoms with van der Waals surface area (Å²) in [6, 6.07) is 0. The van der Waals surface area contributed by atoms with Crippen LogP contribution >= 0.6 is 0 Å². The first kappa shape index (κ1) is 10.0. The van der Waals surface area contributed by atoms with Gasteiger partial charge in [-0.05, 0) is 12.8 Å². The van der Waals surface area contributed by atoms with Crippen molar-refractivity contribution in [3.63, 3.8) is 0 Å². The van der Waals surface area contributed by atoms with E-state index in [1.807, 2.05) is 0 Å². The average molecular weight is 207 g/mol. The molecular formula is C10H13N3O2. The van der Waals surface area contributed by atoms with Gasteiger partial charge in [0, 0.05) is 25.5 Å². The zero-order chi connectivity index (χ0) is 10.5. The van der Waals surface area contributed by atoms with Crippen LogP contribution in [0.25, 0.3) is 0 Å². The number of aromatic nitrogens is 2. The summed E-state index contributed by atoms with van der Waals surface area (Å²) >= 11 is 0. The Labute approximate surface area is 88.0 Å². The van der Waals surface area contributed by atoms with E-state index < -0.39 is 5.97 Å². The van der Waals surface area contributed by atoms with Gasteiger partial charge in [0.25, 0.3) is 0 Å². The number of carbonyl (C=O) groups excluding carboxylic acids is 1. The average Bonchev–Trinajstić information content (AvgIpc) is 2.31. The van der Waals surface area contributed by atoms with Crippen LogP contribution in [0.1, 0.15) is 29.8 Å². The Kier molecular flexibility index (Phi) is 3.24. The highest BCUT2D eigenvalue weighted by Crippen LogP contribution is 2.10. The topological polar surface area (TPSA) is 55.3 Å². The minimum Gasteiger partial charge on any atom is -0.363 e. The van der Waals surface area contributed by atoms with Gasteiger partial charge in [-0.2, -0.15) is 0 Å². The molecule has 1 aromatic heterocycles. The van der Waals surface area contributed by atoms with Crippen LogP contribution in [0.3, 0.4) is 0 Å². The van der Waals surface area contributed by atoms with Crippen LogP contribution in [0, 0.1) is 0 Å². The molecule has 0 spiro atoms. The second-order valence-corrected chi connectivity index (χ2v) is 3.46. The van der Waals surface area contributed by atoms with E-state index in [0.29, 0.717) is 0 Å². The van der Waals surface area contributed by atoms with Crippen LogP contribution in [0.15, 0.2) is 18.6 Å². The van der Waals surface area contributed by atoms with Gasteiger partial charge in [0.05, 0.1) is 6.20 Å². The fourth-order valence-electron chi connectivity index (χ4n) is 1.52. The molecule has 1 fully saturated rings. The van der Waals surface area contributed by atoms with Gasteiger partial charge in [-0.3, -0.25) is 4.98 Å². The summed E-state index contributed by atoms with van der Waals surface area (Å²) in [6.45, 7) is 1.62. The molecule has 0 bridgehead atoms. The zero-order valence-electron chi connectivity index (χ0n) is 8.43. The predicted octanol–water partition coefficient (Wildman–Crippen LogP) is 1.03. The third-order valence-corrected chi connectivity index (χ3v) is 2.30. The van der Waals surface area contributed by atoms with Crippen molar-refractivity contribution < 1.29 is 9.63 Å². The van der Waals surface area contributed by atoms with E-state index in [9.17, 15) is 4.79 Å². The minimum absolute atomic E-state index is 0.253. The summed E-state index contributed by atoms with van der Waals surface area (Å²) in [4.78, 5) is 24.4. The first-order valence-corrected chi connectivity index (χ1v) is 5.09. The standard InChI is InChI=1S/C10H13N3O2/c14-10(9-8-11-4-5-12-9)15-13-6-2-1-3-7-13/h4-5,8H,1-3,6-7H2. The fourth-order valence-corrected chi connectivity index (χ4v) is 1.52. The summed E-state index contributed by atoms with van der Waals surface area (Å²) < 4.78 is 0. The minimum atomic E-state index is -0.426. The normalized spacial score (nSPS) is 17.3. The van der Waals surface area contributed by atoms with Gasteiger partial charge >= 0.3 is 5.97 Å². The highest BCUT2D eigenvalue weighted by atomic mass is 16.7. The van der Waals surface area contributed by atoms with Crippen LogP contribution in [-0.2, 0) is 4.84 Å². The second kappa shape index (κ2) is 4.84. The van der Waals surface area contributed by atoms with Crippen LogP contribution in [0.5, 0.6) is 0 Å². The Balaban J connectivity index is 1.91. The SMILES string of the molecule is O=C(ON1CCCCC1)c1cnccn1. The van der Waals surface area contributed by atoms with E-state index >= 15 is 0 Å². The quantitative estimate of drug-likeness (QED) is 0.725. The van der Waals surface area contributed by atoms with Crippen molar-refractivity contribution in [1.82, 2.24) is 15.0 Å². The number of nitrogens with zero attached hydrogens (tertiary/aromatic N) is 3.